The fraction of sp³-hybridized carbons (Fsp3) is 0.485. The van der Waals surface area contributed by atoms with Crippen molar-refractivity contribution in [1.82, 2.24) is 30.2 Å². The van der Waals surface area contributed by atoms with Crippen LogP contribution in [0.15, 0.2) is 203 Å². The summed E-state index contributed by atoms with van der Waals surface area (Å²) in [6.45, 7) is 12.9. The van der Waals surface area contributed by atoms with Crippen molar-refractivity contribution in [2.75, 3.05) is 107 Å². The fourth-order valence-corrected chi connectivity index (χ4v) is 17.6. The van der Waals surface area contributed by atoms with Crippen molar-refractivity contribution in [3.8, 4) is 34.4 Å². The van der Waals surface area contributed by atoms with Crippen molar-refractivity contribution in [1.29, 1.82) is 0 Å². The van der Waals surface area contributed by atoms with Crippen molar-refractivity contribution >= 4 is 53.5 Å². The molecule has 31 heteroatoms. The molecule has 8 N–H and O–H groups in total. The minimum absolute atomic E-state index is 0. The molecule has 5 saturated heterocycles. The maximum atomic E-state index is 12.8. The number of carbonyl (C=O) groups excluding carboxylic acids is 6. The largest absolute Gasteiger partial charge is 1.00 e. The van der Waals surface area contributed by atoms with Crippen molar-refractivity contribution in [2.24, 2.45) is 57.3 Å². The third kappa shape index (κ3) is 33.1. The van der Waals surface area contributed by atoms with Gasteiger partial charge in [-0.1, -0.05) is 162 Å². The number of benzene rings is 7. The van der Waals surface area contributed by atoms with Crippen molar-refractivity contribution < 1.29 is 116 Å². The summed E-state index contributed by atoms with van der Waals surface area (Å²) in [6, 6.07) is 62.2. The number of nitrogens with zero attached hydrogens (tertiary/aromatic N) is 7. The molecule has 18 rings (SSSR count). The minimum atomic E-state index is -0.728. The van der Waals surface area contributed by atoms with Crippen LogP contribution in [0.1, 0.15) is 204 Å². The van der Waals surface area contributed by atoms with E-state index in [4.69, 9.17) is 65.2 Å². The summed E-state index contributed by atoms with van der Waals surface area (Å²) >= 11 is 0. The number of nitrogens with one attached hydrogen (secondary N) is 2. The van der Waals surface area contributed by atoms with Gasteiger partial charge in [-0.3, -0.25) is 33.6 Å². The summed E-state index contributed by atoms with van der Waals surface area (Å²) in [7, 11) is 6.03. The molecule has 1 aromatic heterocycles. The number of amides is 3. The zero-order valence-corrected chi connectivity index (χ0v) is 78.2. The average molecular weight is 1840 g/mol. The number of carboxylic acids is 2. The Hall–Kier alpha value is -11.7. The van der Waals surface area contributed by atoms with E-state index in [9.17, 15) is 38.4 Å². The number of carbonyl (C=O) groups is 7. The van der Waals surface area contributed by atoms with E-state index < -0.39 is 11.9 Å². The standard InChI is InChI=1S/C27H31N3O4.C18H23NO3.C17H21NO3.C10H14N2O3.C10H9NO.C10H10O2.C7H13NO2.C4H8O.Li.H2NO/c1-3-33-23-10-9-20(16-24(23)32-2)26-28-27(34-29-26)19-11-13-30(14-12-19)25(31)17-21-15-22(21)18-7-5-4-6-8-18;1-22-18(21)14-7-9-19(10-8-14)17(20)12-15-11-16(15)13-5-3-2-4-6-13;19-16(18-8-6-13(7-9-18)17(20)21)11-14-10-15(14)12-4-2-1-3-5-12;1-3-15-8-5-4-7(10(11)12-13)6-9(8)14-2;12-7-11-10-6-9(10)8-4-2-1-3-5-8;11-10(12)9-6-8(9)7-4-2-1-3-5-7;1-10-7(9)6-2-4-8-5-3-6;1-2-4-5-3-1;;1-2/h4-10,16,19,21-22H,3,11-15,17H2,1-2H3;2-6,14-16H,7-12H2,1H3;1-5,13-15H,6-11H2,(H,20,21);4-6,13H,3H2,1-2H3,(H2,11,12);1-5,9-10H,6H2;1-5,8-9H,6H2,(H,11,12);6,8H,2-5H2,1H3;1-4H2;;1-2H/q;;;;;;;;+1;-1. The number of oxime groups is 1. The number of ether oxygens (including phenoxy) is 7. The summed E-state index contributed by atoms with van der Waals surface area (Å²) in [4.78, 5) is 105. The van der Waals surface area contributed by atoms with Crippen LogP contribution in [0.3, 0.4) is 0 Å². The molecule has 10 fully saturated rings. The van der Waals surface area contributed by atoms with Crippen LogP contribution < -0.4 is 48.9 Å². The first-order chi connectivity index (χ1) is 64.8. The number of piperidine rings is 4. The minimum Gasteiger partial charge on any atom is -0.553 e. The van der Waals surface area contributed by atoms with E-state index in [0.717, 1.165) is 121 Å². The number of hydrogen-bond donors (Lipinski definition) is 6. The summed E-state index contributed by atoms with van der Waals surface area (Å²) in [6.07, 6.45) is 17.4. The average Bonchev–Trinajstić information content (AvgIpc) is 1.66. The molecule has 10 atom stereocenters. The van der Waals surface area contributed by atoms with Gasteiger partial charge in [0.05, 0.1) is 71.4 Å². The molecule has 5 saturated carbocycles. The van der Waals surface area contributed by atoms with E-state index in [1.165, 1.54) is 56.4 Å². The maximum absolute atomic E-state index is 12.8. The van der Waals surface area contributed by atoms with Crippen LogP contribution >= 0.6 is 0 Å². The number of aliphatic imine (C=N–C) groups is 1. The summed E-state index contributed by atoms with van der Waals surface area (Å²) < 4.78 is 41.4. The van der Waals surface area contributed by atoms with E-state index in [2.05, 4.69) is 103 Å². The third-order valence-corrected chi connectivity index (χ3v) is 25.8. The first kappa shape index (κ1) is 106. The Kier molecular flexibility index (Phi) is 44.1. The second-order valence-electron chi connectivity index (χ2n) is 34.6. The molecule has 5 aliphatic carbocycles. The number of isocyanates is 1. The second kappa shape index (κ2) is 55.8. The molecule has 134 heavy (non-hydrogen) atoms. The van der Waals surface area contributed by atoms with Gasteiger partial charge in [0.1, 0.15) is 0 Å². The molecule has 7 aromatic carbocycles. The predicted molar refractivity (Wildman–Crippen MR) is 501 cm³/mol. The fourth-order valence-electron chi connectivity index (χ4n) is 17.6. The summed E-state index contributed by atoms with van der Waals surface area (Å²) in [5, 5.41) is 42.7. The van der Waals surface area contributed by atoms with E-state index in [1.807, 2.05) is 126 Å². The Bertz CT molecular complexity index is 4930. The molecule has 0 spiro atoms. The Morgan fingerprint density at radius 1 is 0.493 bits per heavy atom. The second-order valence-corrected chi connectivity index (χ2v) is 34.6. The van der Waals surface area contributed by atoms with E-state index >= 15 is 0 Å². The smallest absolute Gasteiger partial charge is 0.553 e. The van der Waals surface area contributed by atoms with Gasteiger partial charge in [0.15, 0.2) is 28.8 Å². The van der Waals surface area contributed by atoms with Crippen LogP contribution in [0.4, 0.5) is 0 Å². The SMILES string of the molecule is C1CCOC1.CCOc1ccc(-c2noc(C3CCN(C(=O)CC4CC4c4ccccc4)CC3)n2)cc1OC.CCOc1ccc(/C(N)=N/O)cc1OC.COC(=O)C1CCN(C(=O)CC2CC2c2ccccc2)CC1.COC(=O)C1CCNCC1.O=C(O)C1CC1c1ccccc1.O=C(O)C1CCN(C(=O)CC2CC2c2ccccc2)CC1.O=C=NC1CC1c1ccccc1.[Li+].[NH-]O. The van der Waals surface area contributed by atoms with E-state index in [1.54, 1.807) is 31.4 Å². The van der Waals surface area contributed by atoms with Gasteiger partial charge in [0.2, 0.25) is 35.5 Å². The third-order valence-electron chi connectivity index (χ3n) is 25.8. The van der Waals surface area contributed by atoms with Gasteiger partial charge in [0, 0.05) is 94.7 Å². The Balaban J connectivity index is 0.000000179. The predicted octanol–water partition coefficient (Wildman–Crippen LogP) is 13.5. The molecule has 0 bridgehead atoms. The Morgan fingerprint density at radius 2 is 0.888 bits per heavy atom. The van der Waals surface area contributed by atoms with Gasteiger partial charge in [-0.15, -0.1) is 0 Å². The molecule has 8 aromatic rings. The first-order valence-electron chi connectivity index (χ1n) is 46.5. The molecule has 5 aliphatic heterocycles. The molecule has 6 heterocycles. The van der Waals surface area contributed by atoms with Crippen LogP contribution in [0.25, 0.3) is 17.3 Å². The van der Waals surface area contributed by atoms with Crippen LogP contribution in [0, 0.1) is 41.4 Å². The summed E-state index contributed by atoms with van der Waals surface area (Å²) in [5.74, 6) is 11.3. The number of rotatable bonds is 25. The Labute approximate surface area is 797 Å². The van der Waals surface area contributed by atoms with Crippen LogP contribution in [0.5, 0.6) is 23.0 Å². The molecule has 3 amide bonds. The van der Waals surface area contributed by atoms with Crippen molar-refractivity contribution in [3.63, 3.8) is 0 Å². The van der Waals surface area contributed by atoms with Gasteiger partial charge in [-0.05, 0) is 229 Å². The van der Waals surface area contributed by atoms with Gasteiger partial charge < -0.3 is 90.0 Å². The van der Waals surface area contributed by atoms with E-state index in [0.29, 0.717) is 153 Å². The van der Waals surface area contributed by atoms with Crippen LogP contribution in [-0.2, 0) is 52.6 Å². The zero-order chi connectivity index (χ0) is 95.0. The van der Waals surface area contributed by atoms with Crippen LogP contribution in [-0.4, -0.2) is 212 Å². The number of nitrogens with two attached hydrogens (primary N) is 1. The zero-order valence-electron chi connectivity index (χ0n) is 78.2. The normalized spacial score (nSPS) is 21.7. The number of carboxylic acid groups (broad SMARTS) is 2. The maximum Gasteiger partial charge on any atom is 1.00 e. The number of likely N-dealkylation sites (tertiary alicyclic amines) is 3. The monoisotopic (exact) mass is 1830 g/mol. The molecule has 0 radical (unpaired) electrons. The van der Waals surface area contributed by atoms with Crippen molar-refractivity contribution in [3.05, 3.63) is 233 Å². The van der Waals surface area contributed by atoms with Crippen LogP contribution in [0.2, 0.25) is 0 Å². The molecule has 30 nitrogen and oxygen atoms in total. The number of methoxy groups -OCH3 is 4. The van der Waals surface area contributed by atoms with Gasteiger partial charge in [-0.25, -0.2) is 9.79 Å². The molecular formula is C103H131LiN10O20. The van der Waals surface area contributed by atoms with Gasteiger partial charge in [-0.2, -0.15) is 4.98 Å². The topological polar surface area (TPSA) is 417 Å². The summed E-state index contributed by atoms with van der Waals surface area (Å²) in [5.41, 5.74) is 13.3. The quantitative estimate of drug-likeness (QED) is 0.00588. The van der Waals surface area contributed by atoms with Gasteiger partial charge >= 0.3 is 42.7 Å². The number of hydrogen-bond acceptors (Lipinski definition) is 23. The van der Waals surface area contributed by atoms with Gasteiger partial charge in [0.25, 0.3) is 0 Å². The van der Waals surface area contributed by atoms with E-state index in [-0.39, 0.29) is 95.9 Å². The first-order valence-corrected chi connectivity index (χ1v) is 46.5. The molecule has 714 valence electrons. The molecular weight excluding hydrogens is 1700 g/mol. The number of esters is 2. The number of aromatic nitrogens is 2. The van der Waals surface area contributed by atoms with Crippen molar-refractivity contribution in [2.45, 2.75) is 171 Å². The molecule has 10 unspecified atom stereocenters. The number of aliphatic carboxylic acids is 2. The molecule has 10 aliphatic rings. The number of amidine groups is 1. The Morgan fingerprint density at radius 3 is 1.26 bits per heavy atom.